The van der Waals surface area contributed by atoms with Crippen LogP contribution in [0.5, 0.6) is 0 Å². The Morgan fingerprint density at radius 2 is 0.873 bits per heavy atom. The lowest BCUT2D eigenvalue weighted by molar-refractivity contribution is -0.156. The molecule has 16 heteroatoms. The van der Waals surface area contributed by atoms with Gasteiger partial charge in [-0.15, -0.1) is 0 Å². The van der Waals surface area contributed by atoms with Gasteiger partial charge in [0, 0.05) is 45.1 Å². The summed E-state index contributed by atoms with van der Waals surface area (Å²) in [4.78, 5) is 78.9. The molecule has 6 saturated carbocycles. The fourth-order valence-electron chi connectivity index (χ4n) is 23.3. The molecule has 632 valence electrons. The molecule has 16 atom stereocenters. The quantitative estimate of drug-likeness (QED) is 0.0197. The van der Waals surface area contributed by atoms with Crippen molar-refractivity contribution in [3.05, 3.63) is 23.3 Å². The summed E-state index contributed by atoms with van der Waals surface area (Å²) in [7, 11) is 0. The summed E-state index contributed by atoms with van der Waals surface area (Å²) in [5.41, 5.74) is 3.11. The molecule has 0 spiro atoms. The van der Waals surface area contributed by atoms with Gasteiger partial charge in [0.05, 0.1) is 6.54 Å². The van der Waals surface area contributed by atoms with Crippen molar-refractivity contribution in [3.8, 4) is 0 Å². The molecule has 0 radical (unpaired) electrons. The van der Waals surface area contributed by atoms with Crippen LogP contribution >= 0.6 is 0 Å². The number of nitrogens with one attached hydrogen (secondary N) is 3. The number of carbonyl (C=O) groups is 6. The van der Waals surface area contributed by atoms with Gasteiger partial charge in [-0.25, -0.2) is 14.4 Å². The molecule has 0 aromatic heterocycles. The molecule has 8 aliphatic carbocycles. The average Bonchev–Trinajstić information content (AvgIpc) is 1.41. The summed E-state index contributed by atoms with van der Waals surface area (Å²) in [6, 6.07) is 0.354. The van der Waals surface area contributed by atoms with Crippen LogP contribution < -0.4 is 16.0 Å². The molecule has 0 saturated heterocycles. The van der Waals surface area contributed by atoms with Crippen LogP contribution in [0.4, 0.5) is 14.4 Å². The molecule has 0 aromatic carbocycles. The summed E-state index contributed by atoms with van der Waals surface area (Å²) < 4.78 is 22.2. The number of alkyl carbamates (subject to hydrolysis) is 3. The first-order chi connectivity index (χ1) is 51.7. The van der Waals surface area contributed by atoms with Crippen molar-refractivity contribution in [3.63, 3.8) is 0 Å². The summed E-state index contributed by atoms with van der Waals surface area (Å²) in [6.07, 6.45) is 45.7. The molecule has 16 nitrogen and oxygen atoms in total. The third-order valence-corrected chi connectivity index (χ3v) is 28.9. The molecular formula is C94H165N5O11. The Labute approximate surface area is 671 Å². The zero-order chi connectivity index (χ0) is 80.8. The standard InChI is InChI=1S/C52H91N3O7.C42H74N2O4/c1-37(2)21-20-22-38(3)42-26-27-43-41-25-24-39-35-40(28-30-51(39,10)44(41)29-31-52(42,43)11)60-46(57)36-55(45(56)23-16-18-33-54-48(59)62-50(7,8)9)34-19-15-13-12-14-17-32-53-47(58)61-49(4,5)6;1-30(2)16-15-17-31(3)35-20-21-36-34-19-18-32-28-33(22-24-41(32,7)37(34)23-25-42(35,36)8)44(29-38(45)46)27-14-12-10-9-11-13-26-43-39(47)48-40(4,5)6/h24,37-38,40-44H,12-23,25-36H2,1-11H3,(H,53,58)(H,54,59);18,30-31,33-37H,9-17,19-29H2,1-8H3,(H,43,47)(H,45,46)/t38-,40+,41+,42-,43+,44+,51+,52-;31-,33+,34+,35-,36+,37+,41+,42-/m11/s1. The second kappa shape index (κ2) is 42.5. The van der Waals surface area contributed by atoms with Gasteiger partial charge in [-0.1, -0.05) is 182 Å². The summed E-state index contributed by atoms with van der Waals surface area (Å²) in [6.45, 7) is 44.9. The lowest BCUT2D eigenvalue weighted by atomic mass is 9.46. The molecule has 0 aromatic rings. The van der Waals surface area contributed by atoms with Crippen LogP contribution in [0.15, 0.2) is 23.3 Å². The Kier molecular flexibility index (Phi) is 35.9. The second-order valence-electron chi connectivity index (χ2n) is 41.5. The molecule has 6 fully saturated rings. The van der Waals surface area contributed by atoms with Gasteiger partial charge in [-0.2, -0.15) is 0 Å². The van der Waals surface area contributed by atoms with Crippen molar-refractivity contribution >= 4 is 36.1 Å². The summed E-state index contributed by atoms with van der Waals surface area (Å²) in [5.74, 6) is 8.80. The van der Waals surface area contributed by atoms with Gasteiger partial charge in [0.2, 0.25) is 5.91 Å². The van der Waals surface area contributed by atoms with Crippen LogP contribution in [0.2, 0.25) is 0 Å². The van der Waals surface area contributed by atoms with Crippen LogP contribution in [0.3, 0.4) is 0 Å². The molecule has 8 rings (SSSR count). The number of nitrogens with zero attached hydrogens (tertiary/aromatic N) is 2. The fraction of sp³-hybridized carbons (Fsp3) is 0.894. The van der Waals surface area contributed by atoms with Crippen molar-refractivity contribution in [2.75, 3.05) is 45.8 Å². The number of aliphatic carboxylic acids is 1. The van der Waals surface area contributed by atoms with Crippen molar-refractivity contribution < 1.29 is 52.8 Å². The first kappa shape index (κ1) is 92.8. The maximum Gasteiger partial charge on any atom is 0.407 e. The van der Waals surface area contributed by atoms with Crippen molar-refractivity contribution in [1.29, 1.82) is 0 Å². The van der Waals surface area contributed by atoms with Gasteiger partial charge < -0.3 is 44.9 Å². The summed E-state index contributed by atoms with van der Waals surface area (Å²) in [5, 5.41) is 18.3. The van der Waals surface area contributed by atoms with E-state index in [-0.39, 0.29) is 48.7 Å². The van der Waals surface area contributed by atoms with E-state index in [1.807, 2.05) is 62.3 Å². The monoisotopic (exact) mass is 1540 g/mol. The van der Waals surface area contributed by atoms with Crippen molar-refractivity contribution in [1.82, 2.24) is 25.8 Å². The Morgan fingerprint density at radius 3 is 1.31 bits per heavy atom. The minimum Gasteiger partial charge on any atom is -0.480 e. The van der Waals surface area contributed by atoms with E-state index in [0.717, 1.165) is 181 Å². The molecule has 110 heavy (non-hydrogen) atoms. The maximum atomic E-state index is 13.6. The number of ether oxygens (including phenoxy) is 4. The highest BCUT2D eigenvalue weighted by Gasteiger charge is 2.61. The third-order valence-electron chi connectivity index (χ3n) is 28.9. The summed E-state index contributed by atoms with van der Waals surface area (Å²) >= 11 is 0. The molecule has 4 amide bonds. The van der Waals surface area contributed by atoms with Gasteiger partial charge in [-0.05, 0) is 296 Å². The first-order valence-corrected chi connectivity index (χ1v) is 45.5. The van der Waals surface area contributed by atoms with E-state index in [1.165, 1.54) is 115 Å². The Balaban J connectivity index is 0.000000316. The topological polar surface area (TPSA) is 202 Å². The van der Waals surface area contributed by atoms with Gasteiger partial charge in [-0.3, -0.25) is 19.3 Å². The lowest BCUT2D eigenvalue weighted by Crippen LogP contribution is -2.52. The number of hydrogen-bond acceptors (Lipinski definition) is 11. The Morgan fingerprint density at radius 1 is 0.464 bits per heavy atom. The van der Waals surface area contributed by atoms with E-state index >= 15 is 0 Å². The third kappa shape index (κ3) is 27.7. The zero-order valence-electron chi connectivity index (χ0n) is 73.8. The van der Waals surface area contributed by atoms with Crippen LogP contribution in [-0.2, 0) is 33.3 Å². The highest BCUT2D eigenvalue weighted by molar-refractivity contribution is 5.82. The number of rotatable bonds is 39. The molecule has 4 N–H and O–H groups in total. The van der Waals surface area contributed by atoms with Gasteiger partial charge in [0.25, 0.3) is 0 Å². The minimum absolute atomic E-state index is 0.0276. The van der Waals surface area contributed by atoms with E-state index in [1.54, 1.807) is 10.5 Å². The fourth-order valence-corrected chi connectivity index (χ4v) is 23.3. The van der Waals surface area contributed by atoms with E-state index in [2.05, 4.69) is 102 Å². The number of hydrogen-bond donors (Lipinski definition) is 4. The smallest absolute Gasteiger partial charge is 0.407 e. The molecule has 0 aliphatic heterocycles. The largest absolute Gasteiger partial charge is 0.480 e. The van der Waals surface area contributed by atoms with E-state index in [4.69, 9.17) is 18.9 Å². The highest BCUT2D eigenvalue weighted by atomic mass is 16.6. The van der Waals surface area contributed by atoms with Crippen LogP contribution in [-0.4, -0.2) is 126 Å². The number of carboxylic acids is 1. The van der Waals surface area contributed by atoms with Gasteiger partial charge >= 0.3 is 30.2 Å². The number of esters is 1. The van der Waals surface area contributed by atoms with Crippen LogP contribution in [0.1, 0.15) is 369 Å². The van der Waals surface area contributed by atoms with Crippen LogP contribution in [0.25, 0.3) is 0 Å². The zero-order valence-corrected chi connectivity index (χ0v) is 73.8. The number of carbonyl (C=O) groups excluding carboxylic acids is 5. The SMILES string of the molecule is CC(C)CCC[C@@H](C)[C@H]1CC[C@H]2[C@@H]3CC=C4C[C@@H](N(CCCCCCCCNC(=O)OC(C)(C)C)CC(=O)O)CC[C@]4(C)[C@H]3CC[C@]12C.CC(C)CCC[C@@H](C)[C@H]1CC[C@H]2[C@@H]3CC=C4C[C@@H](OC(=O)CN(CCCCCCCCNC(=O)OC(C)(C)C)C(=O)CCCCNC(=O)OC(C)(C)C)CC[C@]4(C)[C@H]3CC[C@]12C. The molecular weight excluding hydrogens is 1380 g/mol. The Hall–Kier alpha value is -4.34. The van der Waals surface area contributed by atoms with Crippen LogP contribution in [0, 0.1) is 92.7 Å². The van der Waals surface area contributed by atoms with E-state index in [0.29, 0.717) is 73.6 Å². The highest BCUT2D eigenvalue weighted by Crippen LogP contribution is 2.69. The normalized spacial score (nSPS) is 29.6. The van der Waals surface area contributed by atoms with Gasteiger partial charge in [0.15, 0.2) is 0 Å². The van der Waals surface area contributed by atoms with E-state index in [9.17, 15) is 33.9 Å². The van der Waals surface area contributed by atoms with E-state index < -0.39 is 28.9 Å². The van der Waals surface area contributed by atoms with Gasteiger partial charge in [0.1, 0.15) is 29.5 Å². The first-order valence-electron chi connectivity index (χ1n) is 45.5. The van der Waals surface area contributed by atoms with Crippen molar-refractivity contribution in [2.24, 2.45) is 92.7 Å². The number of allylic oxidation sites excluding steroid dienone is 2. The number of amides is 4. The van der Waals surface area contributed by atoms with Crippen molar-refractivity contribution in [2.45, 2.75) is 398 Å². The second-order valence-corrected chi connectivity index (χ2v) is 41.5. The average molecular weight is 1540 g/mol. The molecule has 0 unspecified atom stereocenters. The molecule has 0 bridgehead atoms. The predicted octanol–water partition coefficient (Wildman–Crippen LogP) is 23.0. The number of unbranched alkanes of at least 4 members (excludes halogenated alkanes) is 11. The number of carboxylic acid groups (broad SMARTS) is 1. The lowest BCUT2D eigenvalue weighted by Gasteiger charge is -2.59. The molecule has 0 heterocycles. The minimum atomic E-state index is -0.695. The maximum absolute atomic E-state index is 13.6. The molecule has 8 aliphatic rings. The Bertz CT molecular complexity index is 2940. The number of fused-ring (bicyclic) bond motifs is 10. The predicted molar refractivity (Wildman–Crippen MR) is 448 cm³/mol.